The number of methoxy groups -OCH3 is 1. The Labute approximate surface area is 181 Å². The minimum atomic E-state index is -4.10. The standard InChI is InChI=1S/C24H22N2O4S/c1-17-8-14-21(15-9-17)31(28,29)26-23(19-10-12-20(30-2)13-11-19)16-22(25-24(26)27)18-6-4-3-5-7-18/h3-16,23H,1-2H3,(H,25,27). The molecule has 3 aromatic rings. The van der Waals surface area contributed by atoms with Gasteiger partial charge in [0.15, 0.2) is 0 Å². The third-order valence-corrected chi connectivity index (χ3v) is 6.92. The molecule has 2 amide bonds. The molecule has 0 aromatic heterocycles. The first-order valence-electron chi connectivity index (χ1n) is 9.73. The molecule has 0 aliphatic carbocycles. The van der Waals surface area contributed by atoms with Crippen LogP contribution in [0.25, 0.3) is 5.70 Å². The summed E-state index contributed by atoms with van der Waals surface area (Å²) in [6.45, 7) is 1.87. The quantitative estimate of drug-likeness (QED) is 0.642. The van der Waals surface area contributed by atoms with Crippen LogP contribution in [0.15, 0.2) is 89.8 Å². The van der Waals surface area contributed by atoms with Gasteiger partial charge in [-0.3, -0.25) is 0 Å². The fourth-order valence-corrected chi connectivity index (χ4v) is 4.92. The van der Waals surface area contributed by atoms with Gasteiger partial charge in [-0.25, -0.2) is 17.5 Å². The van der Waals surface area contributed by atoms with E-state index < -0.39 is 22.1 Å². The summed E-state index contributed by atoms with van der Waals surface area (Å²) in [5, 5.41) is 2.74. The monoisotopic (exact) mass is 434 g/mol. The number of ether oxygens (including phenoxy) is 1. The third kappa shape index (κ3) is 4.04. The van der Waals surface area contributed by atoms with Crippen molar-refractivity contribution in [3.63, 3.8) is 0 Å². The van der Waals surface area contributed by atoms with Crippen molar-refractivity contribution in [2.75, 3.05) is 7.11 Å². The van der Waals surface area contributed by atoms with Gasteiger partial charge in [-0.1, -0.05) is 60.2 Å². The van der Waals surface area contributed by atoms with Crippen LogP contribution < -0.4 is 10.1 Å². The molecule has 158 valence electrons. The molecule has 1 N–H and O–H groups in total. The van der Waals surface area contributed by atoms with Gasteiger partial charge in [0.25, 0.3) is 10.0 Å². The first kappa shape index (κ1) is 20.7. The second-order valence-electron chi connectivity index (χ2n) is 7.21. The van der Waals surface area contributed by atoms with Crippen LogP contribution in [0.2, 0.25) is 0 Å². The lowest BCUT2D eigenvalue weighted by Crippen LogP contribution is -2.47. The number of nitrogens with zero attached hydrogens (tertiary/aromatic N) is 1. The van der Waals surface area contributed by atoms with E-state index in [4.69, 9.17) is 4.74 Å². The van der Waals surface area contributed by atoms with E-state index in [2.05, 4.69) is 5.32 Å². The topological polar surface area (TPSA) is 75.7 Å². The summed E-state index contributed by atoms with van der Waals surface area (Å²) < 4.78 is 33.1. The summed E-state index contributed by atoms with van der Waals surface area (Å²) in [5.41, 5.74) is 2.93. The van der Waals surface area contributed by atoms with E-state index in [1.807, 2.05) is 37.3 Å². The fraction of sp³-hybridized carbons (Fsp3) is 0.125. The maximum atomic E-state index is 13.5. The van der Waals surface area contributed by atoms with Gasteiger partial charge in [0.05, 0.1) is 18.0 Å². The van der Waals surface area contributed by atoms with Crippen molar-refractivity contribution in [1.82, 2.24) is 9.62 Å². The summed E-state index contributed by atoms with van der Waals surface area (Å²) in [7, 11) is -2.54. The van der Waals surface area contributed by atoms with Crippen molar-refractivity contribution in [3.05, 3.63) is 102 Å². The van der Waals surface area contributed by atoms with Crippen LogP contribution in [-0.4, -0.2) is 25.9 Å². The molecule has 1 aliphatic rings. The number of sulfonamides is 1. The van der Waals surface area contributed by atoms with Gasteiger partial charge >= 0.3 is 6.03 Å². The van der Waals surface area contributed by atoms with Crippen LogP contribution in [-0.2, 0) is 10.0 Å². The van der Waals surface area contributed by atoms with Gasteiger partial charge in [0.2, 0.25) is 0 Å². The maximum Gasteiger partial charge on any atom is 0.336 e. The molecule has 1 aliphatic heterocycles. The van der Waals surface area contributed by atoms with E-state index >= 15 is 0 Å². The molecule has 6 nitrogen and oxygen atoms in total. The highest BCUT2D eigenvalue weighted by molar-refractivity contribution is 7.89. The predicted octanol–water partition coefficient (Wildman–Crippen LogP) is 4.50. The van der Waals surface area contributed by atoms with E-state index in [1.54, 1.807) is 49.6 Å². The molecular weight excluding hydrogens is 412 g/mol. The first-order valence-corrected chi connectivity index (χ1v) is 11.2. The lowest BCUT2D eigenvalue weighted by Gasteiger charge is -2.34. The molecule has 1 unspecified atom stereocenters. The zero-order valence-electron chi connectivity index (χ0n) is 17.1. The average Bonchev–Trinajstić information content (AvgIpc) is 2.79. The molecule has 4 rings (SSSR count). The van der Waals surface area contributed by atoms with Gasteiger partial charge in [-0.05, 0) is 48.4 Å². The molecule has 1 atom stereocenters. The van der Waals surface area contributed by atoms with E-state index in [-0.39, 0.29) is 4.90 Å². The van der Waals surface area contributed by atoms with Gasteiger partial charge in [0, 0.05) is 5.70 Å². The second kappa shape index (κ2) is 8.28. The highest BCUT2D eigenvalue weighted by Crippen LogP contribution is 2.35. The molecule has 31 heavy (non-hydrogen) atoms. The Hall–Kier alpha value is -3.58. The molecule has 3 aromatic carbocycles. The third-order valence-electron chi connectivity index (χ3n) is 5.14. The van der Waals surface area contributed by atoms with Crippen molar-refractivity contribution < 1.29 is 17.9 Å². The highest BCUT2D eigenvalue weighted by atomic mass is 32.2. The smallest absolute Gasteiger partial charge is 0.336 e. The van der Waals surface area contributed by atoms with Crippen LogP contribution in [0, 0.1) is 6.92 Å². The molecule has 7 heteroatoms. The molecule has 0 saturated heterocycles. The lowest BCUT2D eigenvalue weighted by atomic mass is 10.0. The number of carbonyl (C=O) groups excluding carboxylic acids is 1. The summed E-state index contributed by atoms with van der Waals surface area (Å²) in [4.78, 5) is 13.2. The number of benzene rings is 3. The van der Waals surface area contributed by atoms with Crippen LogP contribution in [0.5, 0.6) is 5.75 Å². The maximum absolute atomic E-state index is 13.5. The predicted molar refractivity (Wildman–Crippen MR) is 119 cm³/mol. The summed E-state index contributed by atoms with van der Waals surface area (Å²) in [6.07, 6.45) is 1.75. The number of aryl methyl sites for hydroxylation is 1. The Morgan fingerprint density at radius 3 is 2.16 bits per heavy atom. The molecular formula is C24H22N2O4S. The number of nitrogens with one attached hydrogen (secondary N) is 1. The minimum Gasteiger partial charge on any atom is -0.497 e. The average molecular weight is 435 g/mol. The van der Waals surface area contributed by atoms with E-state index in [9.17, 15) is 13.2 Å². The molecule has 1 heterocycles. The fourth-order valence-electron chi connectivity index (χ4n) is 3.47. The zero-order valence-corrected chi connectivity index (χ0v) is 18.0. The van der Waals surface area contributed by atoms with E-state index in [0.717, 1.165) is 15.4 Å². The Morgan fingerprint density at radius 2 is 1.55 bits per heavy atom. The Morgan fingerprint density at radius 1 is 0.903 bits per heavy atom. The minimum absolute atomic E-state index is 0.0586. The van der Waals surface area contributed by atoms with Crippen molar-refractivity contribution in [3.8, 4) is 5.75 Å². The SMILES string of the molecule is COc1ccc(C2C=C(c3ccccc3)NC(=O)N2S(=O)(=O)c2ccc(C)cc2)cc1. The van der Waals surface area contributed by atoms with Crippen LogP contribution >= 0.6 is 0 Å². The molecule has 0 fully saturated rings. The van der Waals surface area contributed by atoms with Crippen LogP contribution in [0.1, 0.15) is 22.7 Å². The molecule has 0 spiro atoms. The largest absolute Gasteiger partial charge is 0.497 e. The van der Waals surface area contributed by atoms with Gasteiger partial charge in [0.1, 0.15) is 5.75 Å². The number of urea groups is 1. The van der Waals surface area contributed by atoms with E-state index in [0.29, 0.717) is 17.0 Å². The normalized spacial score (nSPS) is 16.5. The number of hydrogen-bond acceptors (Lipinski definition) is 4. The van der Waals surface area contributed by atoms with Gasteiger partial charge in [-0.2, -0.15) is 0 Å². The van der Waals surface area contributed by atoms with Crippen molar-refractivity contribution in [2.24, 2.45) is 0 Å². The Kier molecular flexibility index (Phi) is 5.52. The molecule has 0 saturated carbocycles. The molecule has 0 radical (unpaired) electrons. The number of amides is 2. The number of hydrogen-bond donors (Lipinski definition) is 1. The number of rotatable bonds is 5. The summed E-state index contributed by atoms with van der Waals surface area (Å²) in [5.74, 6) is 0.643. The highest BCUT2D eigenvalue weighted by Gasteiger charge is 2.39. The first-order chi connectivity index (χ1) is 14.9. The van der Waals surface area contributed by atoms with Gasteiger partial charge < -0.3 is 10.1 Å². The summed E-state index contributed by atoms with van der Waals surface area (Å²) in [6, 6.07) is 21.3. The lowest BCUT2D eigenvalue weighted by molar-refractivity contribution is 0.219. The Bertz CT molecular complexity index is 1220. The van der Waals surface area contributed by atoms with Crippen molar-refractivity contribution in [2.45, 2.75) is 17.9 Å². The van der Waals surface area contributed by atoms with Crippen LogP contribution in [0.4, 0.5) is 4.79 Å². The van der Waals surface area contributed by atoms with Gasteiger partial charge in [-0.15, -0.1) is 0 Å². The van der Waals surface area contributed by atoms with Crippen LogP contribution in [0.3, 0.4) is 0 Å². The zero-order chi connectivity index (χ0) is 22.0. The molecule has 0 bridgehead atoms. The van der Waals surface area contributed by atoms with Crippen molar-refractivity contribution in [1.29, 1.82) is 0 Å². The van der Waals surface area contributed by atoms with Crippen molar-refractivity contribution >= 4 is 21.8 Å². The second-order valence-corrected chi connectivity index (χ2v) is 9.02. The Balaban J connectivity index is 1.85. The number of carbonyl (C=O) groups is 1. The van der Waals surface area contributed by atoms with E-state index in [1.165, 1.54) is 12.1 Å². The summed E-state index contributed by atoms with van der Waals surface area (Å²) >= 11 is 0.